The van der Waals surface area contributed by atoms with E-state index in [2.05, 4.69) is 48.0 Å². The number of aromatic nitrogens is 2. The summed E-state index contributed by atoms with van der Waals surface area (Å²) >= 11 is 0. The number of hydrogen-bond donors (Lipinski definition) is 1. The van der Waals surface area contributed by atoms with Gasteiger partial charge in [0.1, 0.15) is 5.82 Å². The summed E-state index contributed by atoms with van der Waals surface area (Å²) in [5, 5.41) is 3.24. The molecule has 5 heteroatoms. The lowest BCUT2D eigenvalue weighted by Gasteiger charge is -2.37. The first-order valence-electron chi connectivity index (χ1n) is 7.39. The molecule has 1 aliphatic heterocycles. The summed E-state index contributed by atoms with van der Waals surface area (Å²) in [5.74, 6) is 0.960. The Kier molecular flexibility index (Phi) is 5.07. The minimum Gasteiger partial charge on any atom is -0.313 e. The molecular formula is C15H27N5. The lowest BCUT2D eigenvalue weighted by molar-refractivity contribution is 0.113. The fourth-order valence-corrected chi connectivity index (χ4v) is 2.74. The normalized spacial score (nSPS) is 22.9. The summed E-state index contributed by atoms with van der Waals surface area (Å²) in [7, 11) is 6.34. The molecule has 112 valence electrons. The van der Waals surface area contributed by atoms with E-state index in [1.54, 1.807) is 0 Å². The fraction of sp³-hybridized carbons (Fsp3) is 0.733. The van der Waals surface area contributed by atoms with Crippen molar-refractivity contribution in [2.75, 3.05) is 40.8 Å². The Morgan fingerprint density at radius 3 is 2.80 bits per heavy atom. The van der Waals surface area contributed by atoms with Gasteiger partial charge in [0.15, 0.2) is 0 Å². The van der Waals surface area contributed by atoms with Gasteiger partial charge in [-0.25, -0.2) is 9.97 Å². The molecule has 1 saturated heterocycles. The Morgan fingerprint density at radius 1 is 1.40 bits per heavy atom. The zero-order chi connectivity index (χ0) is 14.7. The minimum atomic E-state index is 0.299. The molecule has 5 nitrogen and oxygen atoms in total. The molecule has 0 spiro atoms. The van der Waals surface area contributed by atoms with Gasteiger partial charge in [-0.2, -0.15) is 0 Å². The van der Waals surface area contributed by atoms with Gasteiger partial charge in [0, 0.05) is 55.6 Å². The van der Waals surface area contributed by atoms with Crippen molar-refractivity contribution in [3.8, 4) is 0 Å². The molecule has 0 amide bonds. The number of aryl methyl sites for hydroxylation is 1. The van der Waals surface area contributed by atoms with Gasteiger partial charge in [-0.3, -0.25) is 0 Å². The van der Waals surface area contributed by atoms with Crippen molar-refractivity contribution in [2.24, 2.45) is 0 Å². The maximum atomic E-state index is 4.70. The number of hydrogen-bond acceptors (Lipinski definition) is 5. The number of likely N-dealkylation sites (N-methyl/N-ethyl adjacent to an activating group) is 2. The molecule has 0 bridgehead atoms. The lowest BCUT2D eigenvalue weighted by atomic mass is 10.1. The van der Waals surface area contributed by atoms with Crippen molar-refractivity contribution in [1.82, 2.24) is 25.1 Å². The van der Waals surface area contributed by atoms with Crippen molar-refractivity contribution >= 4 is 0 Å². The molecule has 1 aliphatic rings. The average Bonchev–Trinajstić information content (AvgIpc) is 2.42. The standard InChI is InChI=1S/C15H27N5/c1-11(16-3)14-9-17-15(18-12(14)2)8-13-10-19(4)6-7-20(13)5/h9,11,13,16H,6-8,10H2,1-5H3. The maximum Gasteiger partial charge on any atom is 0.130 e. The van der Waals surface area contributed by atoms with Crippen LogP contribution in [0.4, 0.5) is 0 Å². The highest BCUT2D eigenvalue weighted by atomic mass is 15.3. The Hall–Kier alpha value is -1.04. The van der Waals surface area contributed by atoms with Crippen molar-refractivity contribution in [3.05, 3.63) is 23.3 Å². The van der Waals surface area contributed by atoms with Gasteiger partial charge in [0.25, 0.3) is 0 Å². The van der Waals surface area contributed by atoms with Gasteiger partial charge in [-0.1, -0.05) is 0 Å². The maximum absolute atomic E-state index is 4.70. The quantitative estimate of drug-likeness (QED) is 0.884. The Labute approximate surface area is 122 Å². The zero-order valence-electron chi connectivity index (χ0n) is 13.3. The van der Waals surface area contributed by atoms with Crippen molar-refractivity contribution < 1.29 is 0 Å². The molecule has 0 radical (unpaired) electrons. The van der Waals surface area contributed by atoms with Crippen molar-refractivity contribution in [1.29, 1.82) is 0 Å². The first-order valence-corrected chi connectivity index (χ1v) is 7.39. The number of piperazine rings is 1. The smallest absolute Gasteiger partial charge is 0.130 e. The van der Waals surface area contributed by atoms with Gasteiger partial charge in [0.05, 0.1) is 0 Å². The van der Waals surface area contributed by atoms with Gasteiger partial charge < -0.3 is 15.1 Å². The molecule has 1 aromatic rings. The fourth-order valence-electron chi connectivity index (χ4n) is 2.74. The largest absolute Gasteiger partial charge is 0.313 e. The third-order valence-electron chi connectivity index (χ3n) is 4.37. The highest BCUT2D eigenvalue weighted by Gasteiger charge is 2.23. The summed E-state index contributed by atoms with van der Waals surface area (Å²) in [5.41, 5.74) is 2.27. The van der Waals surface area contributed by atoms with E-state index in [1.807, 2.05) is 13.2 Å². The molecule has 1 aromatic heterocycles. The second-order valence-electron chi connectivity index (χ2n) is 5.94. The summed E-state index contributed by atoms with van der Waals surface area (Å²) < 4.78 is 0. The first kappa shape index (κ1) is 15.4. The van der Waals surface area contributed by atoms with Crippen LogP contribution in [0.3, 0.4) is 0 Å². The third kappa shape index (κ3) is 3.53. The molecule has 0 saturated carbocycles. The zero-order valence-corrected chi connectivity index (χ0v) is 13.3. The number of rotatable bonds is 4. The monoisotopic (exact) mass is 277 g/mol. The Bertz CT molecular complexity index is 448. The van der Waals surface area contributed by atoms with Gasteiger partial charge >= 0.3 is 0 Å². The molecule has 0 aromatic carbocycles. The molecule has 2 atom stereocenters. The number of nitrogens with one attached hydrogen (secondary N) is 1. The van der Waals surface area contributed by atoms with Gasteiger partial charge in [-0.05, 0) is 35.0 Å². The predicted octanol–water partition coefficient (Wildman–Crippen LogP) is 0.854. The van der Waals surface area contributed by atoms with Crippen LogP contribution in [0.1, 0.15) is 30.0 Å². The van der Waals surface area contributed by atoms with E-state index >= 15 is 0 Å². The summed E-state index contributed by atoms with van der Waals surface area (Å²) in [4.78, 5) is 14.1. The molecule has 0 aliphatic carbocycles. The van der Waals surface area contributed by atoms with Crippen LogP contribution in [-0.4, -0.2) is 66.6 Å². The highest BCUT2D eigenvalue weighted by molar-refractivity contribution is 5.20. The van der Waals surface area contributed by atoms with E-state index in [4.69, 9.17) is 4.98 Å². The lowest BCUT2D eigenvalue weighted by Crippen LogP contribution is -2.51. The van der Waals surface area contributed by atoms with E-state index in [-0.39, 0.29) is 0 Å². The molecule has 1 N–H and O–H groups in total. The van der Waals surface area contributed by atoms with E-state index < -0.39 is 0 Å². The summed E-state index contributed by atoms with van der Waals surface area (Å²) in [6, 6.07) is 0.813. The van der Waals surface area contributed by atoms with Crippen molar-refractivity contribution in [3.63, 3.8) is 0 Å². The average molecular weight is 277 g/mol. The summed E-state index contributed by atoms with van der Waals surface area (Å²) in [6.07, 6.45) is 2.90. The second-order valence-corrected chi connectivity index (χ2v) is 5.94. The van der Waals surface area contributed by atoms with Crippen LogP contribution in [-0.2, 0) is 6.42 Å². The van der Waals surface area contributed by atoms with Crippen LogP contribution in [0.5, 0.6) is 0 Å². The van der Waals surface area contributed by atoms with Crippen LogP contribution >= 0.6 is 0 Å². The Morgan fingerprint density at radius 2 is 2.15 bits per heavy atom. The molecular weight excluding hydrogens is 250 g/mol. The van der Waals surface area contributed by atoms with Crippen LogP contribution in [0, 0.1) is 6.92 Å². The van der Waals surface area contributed by atoms with Crippen LogP contribution < -0.4 is 5.32 Å². The minimum absolute atomic E-state index is 0.299. The predicted molar refractivity (Wildman–Crippen MR) is 81.9 cm³/mol. The Balaban J connectivity index is 2.08. The van der Waals surface area contributed by atoms with E-state index in [0.29, 0.717) is 12.1 Å². The molecule has 1 fully saturated rings. The van der Waals surface area contributed by atoms with E-state index in [9.17, 15) is 0 Å². The third-order valence-corrected chi connectivity index (χ3v) is 4.37. The van der Waals surface area contributed by atoms with E-state index in [0.717, 1.165) is 37.6 Å². The summed E-state index contributed by atoms with van der Waals surface area (Å²) in [6.45, 7) is 7.56. The van der Waals surface area contributed by atoms with Crippen LogP contribution in [0.15, 0.2) is 6.20 Å². The SMILES string of the molecule is CNC(C)c1cnc(CC2CN(C)CCN2C)nc1C. The highest BCUT2D eigenvalue weighted by Crippen LogP contribution is 2.16. The molecule has 2 rings (SSSR count). The second kappa shape index (κ2) is 6.61. The van der Waals surface area contributed by atoms with Crippen LogP contribution in [0.25, 0.3) is 0 Å². The topological polar surface area (TPSA) is 44.3 Å². The van der Waals surface area contributed by atoms with Gasteiger partial charge in [-0.15, -0.1) is 0 Å². The van der Waals surface area contributed by atoms with Crippen molar-refractivity contribution in [2.45, 2.75) is 32.4 Å². The first-order chi connectivity index (χ1) is 9.51. The number of nitrogens with zero attached hydrogens (tertiary/aromatic N) is 4. The van der Waals surface area contributed by atoms with Crippen LogP contribution in [0.2, 0.25) is 0 Å². The van der Waals surface area contributed by atoms with Gasteiger partial charge in [0.2, 0.25) is 0 Å². The molecule has 20 heavy (non-hydrogen) atoms. The van der Waals surface area contributed by atoms with E-state index in [1.165, 1.54) is 5.56 Å². The molecule has 2 heterocycles. The molecule has 2 unspecified atom stereocenters.